The van der Waals surface area contributed by atoms with Gasteiger partial charge in [0.2, 0.25) is 0 Å². The van der Waals surface area contributed by atoms with Crippen LogP contribution in [0.5, 0.6) is 0 Å². The molecule has 4 heteroatoms. The largest absolute Gasteiger partial charge is 0.361 e. The zero-order valence-corrected chi connectivity index (χ0v) is 12.6. The topological polar surface area (TPSA) is 44.8 Å². The van der Waals surface area contributed by atoms with Crippen LogP contribution in [0.4, 0.5) is 0 Å². The second-order valence-corrected chi connectivity index (χ2v) is 6.02. The van der Waals surface area contributed by atoms with Crippen molar-refractivity contribution in [2.45, 2.75) is 31.8 Å². The number of H-pyrrole nitrogens is 1. The maximum atomic E-state index is 4.48. The molecular formula is C18H20N4. The summed E-state index contributed by atoms with van der Waals surface area (Å²) in [5, 5.41) is 1.27. The van der Waals surface area contributed by atoms with Gasteiger partial charge in [0, 0.05) is 24.5 Å². The summed E-state index contributed by atoms with van der Waals surface area (Å²) in [6.45, 7) is 2.11. The number of nitrogens with zero attached hydrogens (tertiary/aromatic N) is 3. The van der Waals surface area contributed by atoms with E-state index in [1.54, 1.807) is 6.33 Å². The highest BCUT2D eigenvalue weighted by molar-refractivity contribution is 5.79. The smallest absolute Gasteiger partial charge is 0.115 e. The molecule has 0 aliphatic carbocycles. The number of aromatic amines is 1. The molecule has 1 aliphatic heterocycles. The zero-order valence-electron chi connectivity index (χ0n) is 12.6. The first-order valence-electron chi connectivity index (χ1n) is 7.96. The van der Waals surface area contributed by atoms with E-state index in [-0.39, 0.29) is 0 Å². The third-order valence-corrected chi connectivity index (χ3v) is 4.57. The van der Waals surface area contributed by atoms with Crippen molar-refractivity contribution >= 4 is 10.9 Å². The molecule has 1 atom stereocenters. The van der Waals surface area contributed by atoms with E-state index in [2.05, 4.69) is 50.2 Å². The zero-order chi connectivity index (χ0) is 14.8. The van der Waals surface area contributed by atoms with Crippen molar-refractivity contribution < 1.29 is 0 Å². The molecule has 112 valence electrons. The maximum absolute atomic E-state index is 4.48. The van der Waals surface area contributed by atoms with Gasteiger partial charge in [-0.05, 0) is 48.5 Å². The number of likely N-dealkylation sites (tertiary alicyclic amines) is 1. The molecular weight excluding hydrogens is 272 g/mol. The predicted octanol–water partition coefficient (Wildman–Crippen LogP) is 3.69. The van der Waals surface area contributed by atoms with Crippen LogP contribution >= 0.6 is 0 Å². The summed E-state index contributed by atoms with van der Waals surface area (Å²) in [4.78, 5) is 14.4. The van der Waals surface area contributed by atoms with Crippen molar-refractivity contribution in [3.8, 4) is 0 Å². The molecule has 22 heavy (non-hydrogen) atoms. The summed E-state index contributed by atoms with van der Waals surface area (Å²) in [6.07, 6.45) is 9.24. The van der Waals surface area contributed by atoms with Gasteiger partial charge in [-0.1, -0.05) is 18.6 Å². The van der Waals surface area contributed by atoms with E-state index in [0.29, 0.717) is 6.04 Å². The first-order chi connectivity index (χ1) is 10.9. The summed E-state index contributed by atoms with van der Waals surface area (Å²) in [6, 6.07) is 11.3. The molecule has 0 spiro atoms. The first-order valence-corrected chi connectivity index (χ1v) is 7.96. The van der Waals surface area contributed by atoms with Gasteiger partial charge in [-0.15, -0.1) is 0 Å². The number of fused-ring (bicyclic) bond motifs is 1. The lowest BCUT2D eigenvalue weighted by molar-refractivity contribution is 0.137. The van der Waals surface area contributed by atoms with Crippen molar-refractivity contribution in [1.82, 2.24) is 19.9 Å². The molecule has 1 N–H and O–H groups in total. The summed E-state index contributed by atoms with van der Waals surface area (Å²) >= 11 is 0. The first kappa shape index (κ1) is 13.5. The molecule has 1 fully saturated rings. The maximum Gasteiger partial charge on any atom is 0.115 e. The summed E-state index contributed by atoms with van der Waals surface area (Å²) in [5.41, 5.74) is 3.72. The average Bonchev–Trinajstić information content (AvgIpc) is 3.04. The van der Waals surface area contributed by atoms with Crippen LogP contribution in [0, 0.1) is 0 Å². The molecule has 3 heterocycles. The van der Waals surface area contributed by atoms with Crippen LogP contribution in [-0.4, -0.2) is 26.4 Å². The Hall–Kier alpha value is -2.20. The third-order valence-electron chi connectivity index (χ3n) is 4.57. The van der Waals surface area contributed by atoms with Crippen LogP contribution in [-0.2, 0) is 6.54 Å². The van der Waals surface area contributed by atoms with E-state index in [0.717, 1.165) is 18.8 Å². The lowest BCUT2D eigenvalue weighted by Crippen LogP contribution is -2.33. The highest BCUT2D eigenvalue weighted by Gasteiger charge is 2.24. The van der Waals surface area contributed by atoms with Crippen molar-refractivity contribution in [3.63, 3.8) is 0 Å². The SMILES string of the molecule is c1cc([C@@H]2CCCCN2Cc2ccc3cc[nH]c3c2)ncn1. The fraction of sp³-hybridized carbons (Fsp3) is 0.333. The van der Waals surface area contributed by atoms with E-state index in [9.17, 15) is 0 Å². The lowest BCUT2D eigenvalue weighted by atomic mass is 9.98. The summed E-state index contributed by atoms with van der Waals surface area (Å²) in [7, 11) is 0. The van der Waals surface area contributed by atoms with Crippen LogP contribution in [0.2, 0.25) is 0 Å². The highest BCUT2D eigenvalue weighted by atomic mass is 15.2. The van der Waals surface area contributed by atoms with Crippen molar-refractivity contribution in [2.75, 3.05) is 6.54 Å². The van der Waals surface area contributed by atoms with Crippen molar-refractivity contribution in [2.24, 2.45) is 0 Å². The molecule has 4 nitrogen and oxygen atoms in total. The lowest BCUT2D eigenvalue weighted by Gasteiger charge is -2.35. The van der Waals surface area contributed by atoms with Crippen LogP contribution in [0.15, 0.2) is 49.1 Å². The number of rotatable bonds is 3. The molecule has 1 aliphatic rings. The molecule has 0 unspecified atom stereocenters. The van der Waals surface area contributed by atoms with Crippen LogP contribution in [0.1, 0.15) is 36.6 Å². The van der Waals surface area contributed by atoms with E-state index < -0.39 is 0 Å². The molecule has 0 saturated carbocycles. The number of aromatic nitrogens is 3. The Labute approximate surface area is 130 Å². The standard InChI is InChI=1S/C18H20N4/c1-2-10-22(18(3-1)16-7-8-19-13-21-16)12-14-4-5-15-6-9-20-17(15)11-14/h4-9,11,13,18,20H,1-3,10,12H2/t18-/m0/s1. The van der Waals surface area contributed by atoms with E-state index >= 15 is 0 Å². The summed E-state index contributed by atoms with van der Waals surface area (Å²) in [5.74, 6) is 0. The molecule has 1 aromatic carbocycles. The number of benzene rings is 1. The van der Waals surface area contributed by atoms with E-state index in [1.807, 2.05) is 12.4 Å². The van der Waals surface area contributed by atoms with Gasteiger partial charge in [0.1, 0.15) is 6.33 Å². The van der Waals surface area contributed by atoms with Gasteiger partial charge >= 0.3 is 0 Å². The Kier molecular flexibility index (Phi) is 3.60. The molecule has 0 amide bonds. The predicted molar refractivity (Wildman–Crippen MR) is 87.3 cm³/mol. The fourth-order valence-corrected chi connectivity index (χ4v) is 3.44. The second-order valence-electron chi connectivity index (χ2n) is 6.02. The minimum Gasteiger partial charge on any atom is -0.361 e. The van der Waals surface area contributed by atoms with Gasteiger partial charge < -0.3 is 4.98 Å². The van der Waals surface area contributed by atoms with Gasteiger partial charge in [0.15, 0.2) is 0 Å². The highest BCUT2D eigenvalue weighted by Crippen LogP contribution is 2.31. The molecule has 3 aromatic rings. The monoisotopic (exact) mass is 292 g/mol. The molecule has 0 radical (unpaired) electrons. The minimum absolute atomic E-state index is 0.413. The fourth-order valence-electron chi connectivity index (χ4n) is 3.44. The van der Waals surface area contributed by atoms with Crippen LogP contribution in [0.25, 0.3) is 10.9 Å². The van der Waals surface area contributed by atoms with E-state index in [4.69, 9.17) is 0 Å². The number of piperidine rings is 1. The average molecular weight is 292 g/mol. The number of hydrogen-bond acceptors (Lipinski definition) is 3. The van der Waals surface area contributed by atoms with Gasteiger partial charge in [0.25, 0.3) is 0 Å². The number of hydrogen-bond donors (Lipinski definition) is 1. The molecule has 1 saturated heterocycles. The van der Waals surface area contributed by atoms with Gasteiger partial charge in [-0.2, -0.15) is 0 Å². The minimum atomic E-state index is 0.413. The van der Waals surface area contributed by atoms with Gasteiger partial charge in [-0.25, -0.2) is 9.97 Å². The van der Waals surface area contributed by atoms with Crippen molar-refractivity contribution in [3.05, 3.63) is 60.3 Å². The Morgan fingerprint density at radius 1 is 1.18 bits per heavy atom. The van der Waals surface area contributed by atoms with E-state index in [1.165, 1.54) is 35.7 Å². The molecule has 4 rings (SSSR count). The Balaban J connectivity index is 1.59. The second kappa shape index (κ2) is 5.89. The number of nitrogens with one attached hydrogen (secondary N) is 1. The Morgan fingerprint density at radius 2 is 2.18 bits per heavy atom. The summed E-state index contributed by atoms with van der Waals surface area (Å²) < 4.78 is 0. The third kappa shape index (κ3) is 2.62. The van der Waals surface area contributed by atoms with Gasteiger partial charge in [0.05, 0.1) is 11.7 Å². The van der Waals surface area contributed by atoms with Gasteiger partial charge in [-0.3, -0.25) is 4.90 Å². The Morgan fingerprint density at radius 3 is 3.09 bits per heavy atom. The quantitative estimate of drug-likeness (QED) is 0.801. The van der Waals surface area contributed by atoms with Crippen molar-refractivity contribution in [1.29, 1.82) is 0 Å². The normalized spacial score (nSPS) is 19.5. The van der Waals surface area contributed by atoms with Crippen LogP contribution in [0.3, 0.4) is 0 Å². The van der Waals surface area contributed by atoms with Crippen LogP contribution < -0.4 is 0 Å². The Bertz CT molecular complexity index is 750. The molecule has 0 bridgehead atoms. The molecule has 2 aromatic heterocycles.